The first-order chi connectivity index (χ1) is 7.66. The summed E-state index contributed by atoms with van der Waals surface area (Å²) in [5.41, 5.74) is 0. The van der Waals surface area contributed by atoms with Gasteiger partial charge in [0.2, 0.25) is 0 Å². The lowest BCUT2D eigenvalue weighted by molar-refractivity contribution is -0.144. The number of rotatable bonds is 10. The minimum absolute atomic E-state index is 0.180. The van der Waals surface area contributed by atoms with Gasteiger partial charge < -0.3 is 9.84 Å². The largest absolute Gasteiger partial charge is 0.481 e. The number of allylic oxidation sites excluding steroid dienone is 1. The van der Waals surface area contributed by atoms with Gasteiger partial charge in [0, 0.05) is 12.8 Å². The van der Waals surface area contributed by atoms with Crippen LogP contribution in [-0.2, 0) is 14.3 Å². The van der Waals surface area contributed by atoms with Gasteiger partial charge in [-0.1, -0.05) is 6.08 Å². The fraction of sp³-hybridized carbons (Fsp3) is 0.667. The van der Waals surface area contributed by atoms with Gasteiger partial charge in [-0.25, -0.2) is 0 Å². The third-order valence-electron chi connectivity index (χ3n) is 2.09. The molecule has 0 aliphatic carbocycles. The molecule has 92 valence electrons. The Morgan fingerprint density at radius 2 is 1.88 bits per heavy atom. The third-order valence-corrected chi connectivity index (χ3v) is 2.09. The molecular formula is C12H20O4. The maximum Gasteiger partial charge on any atom is 0.305 e. The van der Waals surface area contributed by atoms with Crippen LogP contribution in [0, 0.1) is 0 Å². The lowest BCUT2D eigenvalue weighted by atomic mass is 10.2. The van der Waals surface area contributed by atoms with Gasteiger partial charge in [-0.3, -0.25) is 9.59 Å². The fourth-order valence-electron chi connectivity index (χ4n) is 1.20. The quantitative estimate of drug-likeness (QED) is 0.354. The first-order valence-corrected chi connectivity index (χ1v) is 5.65. The summed E-state index contributed by atoms with van der Waals surface area (Å²) >= 11 is 0. The summed E-state index contributed by atoms with van der Waals surface area (Å²) in [7, 11) is 0. The predicted molar refractivity (Wildman–Crippen MR) is 61.1 cm³/mol. The van der Waals surface area contributed by atoms with Crippen LogP contribution >= 0.6 is 0 Å². The number of carboxylic acid groups (broad SMARTS) is 1. The van der Waals surface area contributed by atoms with E-state index in [4.69, 9.17) is 9.84 Å². The molecule has 0 aromatic carbocycles. The van der Waals surface area contributed by atoms with Gasteiger partial charge in [-0.05, 0) is 32.1 Å². The van der Waals surface area contributed by atoms with Crippen LogP contribution in [0.1, 0.15) is 44.9 Å². The number of esters is 1. The van der Waals surface area contributed by atoms with Gasteiger partial charge in [-0.2, -0.15) is 0 Å². The van der Waals surface area contributed by atoms with Gasteiger partial charge in [-0.15, -0.1) is 6.58 Å². The second-order valence-electron chi connectivity index (χ2n) is 3.61. The van der Waals surface area contributed by atoms with Crippen molar-refractivity contribution in [2.75, 3.05) is 6.61 Å². The Kier molecular flexibility index (Phi) is 9.36. The van der Waals surface area contributed by atoms with Gasteiger partial charge in [0.15, 0.2) is 0 Å². The molecule has 0 bridgehead atoms. The van der Waals surface area contributed by atoms with Crippen molar-refractivity contribution in [3.63, 3.8) is 0 Å². The van der Waals surface area contributed by atoms with E-state index in [-0.39, 0.29) is 12.4 Å². The Hall–Kier alpha value is -1.32. The van der Waals surface area contributed by atoms with Crippen molar-refractivity contribution in [1.29, 1.82) is 0 Å². The SMILES string of the molecule is C=CCCCC(=O)OCCCCCC(=O)O. The molecule has 0 rings (SSSR count). The number of ether oxygens (including phenoxy) is 1. The van der Waals surface area contributed by atoms with Crippen LogP contribution in [-0.4, -0.2) is 23.7 Å². The Morgan fingerprint density at radius 3 is 2.50 bits per heavy atom. The first-order valence-electron chi connectivity index (χ1n) is 5.65. The van der Waals surface area contributed by atoms with Crippen molar-refractivity contribution in [2.24, 2.45) is 0 Å². The summed E-state index contributed by atoms with van der Waals surface area (Å²) in [6.07, 6.45) is 6.17. The van der Waals surface area contributed by atoms with Crippen molar-refractivity contribution >= 4 is 11.9 Å². The van der Waals surface area contributed by atoms with Crippen molar-refractivity contribution in [1.82, 2.24) is 0 Å². The zero-order valence-electron chi connectivity index (χ0n) is 9.61. The van der Waals surface area contributed by atoms with Crippen LogP contribution in [0.25, 0.3) is 0 Å². The molecule has 0 aromatic heterocycles. The third kappa shape index (κ3) is 10.8. The van der Waals surface area contributed by atoms with E-state index in [0.29, 0.717) is 19.4 Å². The summed E-state index contributed by atoms with van der Waals surface area (Å²) < 4.78 is 4.97. The van der Waals surface area contributed by atoms with E-state index in [1.807, 2.05) is 0 Å². The zero-order chi connectivity index (χ0) is 12.2. The summed E-state index contributed by atoms with van der Waals surface area (Å²) in [5, 5.41) is 8.39. The summed E-state index contributed by atoms with van der Waals surface area (Å²) in [6.45, 7) is 3.96. The normalized spacial score (nSPS) is 9.75. The lowest BCUT2D eigenvalue weighted by Gasteiger charge is -2.03. The Labute approximate surface area is 96.3 Å². The van der Waals surface area contributed by atoms with Crippen LogP contribution < -0.4 is 0 Å². The van der Waals surface area contributed by atoms with E-state index < -0.39 is 5.97 Å². The van der Waals surface area contributed by atoms with Crippen LogP contribution in [0.3, 0.4) is 0 Å². The number of carbonyl (C=O) groups is 2. The van der Waals surface area contributed by atoms with Crippen molar-refractivity contribution < 1.29 is 19.4 Å². The molecule has 0 radical (unpaired) electrons. The highest BCUT2D eigenvalue weighted by Gasteiger charge is 2.01. The number of aliphatic carboxylic acids is 1. The van der Waals surface area contributed by atoms with E-state index in [0.717, 1.165) is 25.7 Å². The van der Waals surface area contributed by atoms with E-state index in [1.54, 1.807) is 6.08 Å². The molecule has 4 nitrogen and oxygen atoms in total. The molecule has 0 aliphatic rings. The minimum Gasteiger partial charge on any atom is -0.481 e. The van der Waals surface area contributed by atoms with Gasteiger partial charge in [0.05, 0.1) is 6.61 Å². The molecular weight excluding hydrogens is 208 g/mol. The molecule has 0 fully saturated rings. The number of hydrogen-bond acceptors (Lipinski definition) is 3. The fourth-order valence-corrected chi connectivity index (χ4v) is 1.20. The molecule has 0 saturated heterocycles. The highest BCUT2D eigenvalue weighted by Crippen LogP contribution is 2.02. The van der Waals surface area contributed by atoms with E-state index >= 15 is 0 Å². The van der Waals surface area contributed by atoms with Gasteiger partial charge >= 0.3 is 11.9 Å². The monoisotopic (exact) mass is 228 g/mol. The van der Waals surface area contributed by atoms with Crippen LogP contribution in [0.15, 0.2) is 12.7 Å². The van der Waals surface area contributed by atoms with Gasteiger partial charge in [0.25, 0.3) is 0 Å². The molecule has 4 heteroatoms. The van der Waals surface area contributed by atoms with Crippen LogP contribution in [0.2, 0.25) is 0 Å². The smallest absolute Gasteiger partial charge is 0.305 e. The van der Waals surface area contributed by atoms with Crippen LogP contribution in [0.5, 0.6) is 0 Å². The van der Waals surface area contributed by atoms with Crippen molar-refractivity contribution in [2.45, 2.75) is 44.9 Å². The molecule has 0 aliphatic heterocycles. The molecule has 1 N–H and O–H groups in total. The molecule has 0 spiro atoms. The standard InChI is InChI=1S/C12H20O4/c1-2-3-5-9-12(15)16-10-7-4-6-8-11(13)14/h2H,1,3-10H2,(H,13,14). The average Bonchev–Trinajstić information content (AvgIpc) is 2.23. The van der Waals surface area contributed by atoms with Crippen molar-refractivity contribution in [3.05, 3.63) is 12.7 Å². The Balaban J connectivity index is 3.21. The average molecular weight is 228 g/mol. The van der Waals surface area contributed by atoms with E-state index in [1.165, 1.54) is 0 Å². The zero-order valence-corrected chi connectivity index (χ0v) is 9.61. The lowest BCUT2D eigenvalue weighted by Crippen LogP contribution is -2.05. The number of carbonyl (C=O) groups excluding carboxylic acids is 1. The Bertz CT molecular complexity index is 223. The van der Waals surface area contributed by atoms with Crippen molar-refractivity contribution in [3.8, 4) is 0 Å². The maximum atomic E-state index is 11.1. The molecule has 0 atom stereocenters. The summed E-state index contributed by atoms with van der Waals surface area (Å²) in [6, 6.07) is 0. The first kappa shape index (κ1) is 14.7. The molecule has 16 heavy (non-hydrogen) atoms. The molecule has 0 saturated carbocycles. The highest BCUT2D eigenvalue weighted by atomic mass is 16.5. The van der Waals surface area contributed by atoms with E-state index in [2.05, 4.69) is 6.58 Å². The number of hydrogen-bond donors (Lipinski definition) is 1. The maximum absolute atomic E-state index is 11.1. The Morgan fingerprint density at radius 1 is 1.12 bits per heavy atom. The second kappa shape index (κ2) is 10.2. The molecule has 0 aromatic rings. The minimum atomic E-state index is -0.776. The topological polar surface area (TPSA) is 63.6 Å². The molecule has 0 heterocycles. The van der Waals surface area contributed by atoms with Crippen LogP contribution in [0.4, 0.5) is 0 Å². The summed E-state index contributed by atoms with van der Waals surface area (Å²) in [4.78, 5) is 21.3. The van der Waals surface area contributed by atoms with Gasteiger partial charge in [0.1, 0.15) is 0 Å². The second-order valence-corrected chi connectivity index (χ2v) is 3.61. The highest BCUT2D eigenvalue weighted by molar-refractivity contribution is 5.69. The van der Waals surface area contributed by atoms with E-state index in [9.17, 15) is 9.59 Å². The number of carboxylic acids is 1. The number of unbranched alkanes of at least 4 members (excludes halogenated alkanes) is 3. The summed E-state index contributed by atoms with van der Waals surface area (Å²) in [5.74, 6) is -0.957. The predicted octanol–water partition coefficient (Wildman–Crippen LogP) is 2.53. The molecule has 0 amide bonds. The molecule has 0 unspecified atom stereocenters.